The average Bonchev–Trinajstić information content (AvgIpc) is 2.63. The summed E-state index contributed by atoms with van der Waals surface area (Å²) in [5.74, 6) is 0.202. The van der Waals surface area contributed by atoms with E-state index in [0.717, 1.165) is 57.1 Å². The lowest BCUT2D eigenvalue weighted by Gasteiger charge is -2.40. The molecule has 0 spiro atoms. The van der Waals surface area contributed by atoms with E-state index in [1.54, 1.807) is 0 Å². The van der Waals surface area contributed by atoms with E-state index in [2.05, 4.69) is 15.9 Å². The van der Waals surface area contributed by atoms with Crippen molar-refractivity contribution in [3.8, 4) is 0 Å². The van der Waals surface area contributed by atoms with Crippen LogP contribution in [0.1, 0.15) is 29.8 Å². The van der Waals surface area contributed by atoms with Gasteiger partial charge >= 0.3 is 0 Å². The van der Waals surface area contributed by atoms with Crippen LogP contribution in [0.2, 0.25) is 0 Å². The maximum absolute atomic E-state index is 13.3. The second-order valence-electron chi connectivity index (χ2n) is 7.03. The number of ether oxygens (including phenoxy) is 2. The van der Waals surface area contributed by atoms with Gasteiger partial charge in [0.05, 0.1) is 32.0 Å². The van der Waals surface area contributed by atoms with Crippen LogP contribution < -0.4 is 0 Å². The third-order valence-corrected chi connectivity index (χ3v) is 5.12. The molecule has 132 valence electrons. The molecular formula is C19H28N2O3. The number of hydrogen-bond acceptors (Lipinski definition) is 5. The number of morpholine rings is 2. The lowest BCUT2D eigenvalue weighted by atomic mass is 9.88. The number of rotatable bonds is 5. The molecule has 0 N–H and O–H groups in total. The quantitative estimate of drug-likeness (QED) is 0.770. The van der Waals surface area contributed by atoms with Gasteiger partial charge in [0.15, 0.2) is 5.78 Å². The zero-order valence-electron chi connectivity index (χ0n) is 14.8. The van der Waals surface area contributed by atoms with Gasteiger partial charge in [0.25, 0.3) is 0 Å². The Morgan fingerprint density at radius 2 is 1.58 bits per heavy atom. The fourth-order valence-corrected chi connectivity index (χ4v) is 3.48. The van der Waals surface area contributed by atoms with Crippen LogP contribution >= 0.6 is 0 Å². The van der Waals surface area contributed by atoms with Gasteiger partial charge in [0.2, 0.25) is 0 Å². The van der Waals surface area contributed by atoms with Crippen LogP contribution in [0.3, 0.4) is 0 Å². The monoisotopic (exact) mass is 332 g/mol. The van der Waals surface area contributed by atoms with Crippen molar-refractivity contribution in [1.82, 2.24) is 9.80 Å². The van der Waals surface area contributed by atoms with Crippen LogP contribution in [0, 0.1) is 0 Å². The Morgan fingerprint density at radius 1 is 1.00 bits per heavy atom. The fourth-order valence-electron chi connectivity index (χ4n) is 3.48. The highest BCUT2D eigenvalue weighted by atomic mass is 16.5. The normalized spacial score (nSPS) is 20.9. The topological polar surface area (TPSA) is 42.0 Å². The molecular weight excluding hydrogens is 304 g/mol. The van der Waals surface area contributed by atoms with Gasteiger partial charge in [0.1, 0.15) is 0 Å². The first-order chi connectivity index (χ1) is 11.6. The summed E-state index contributed by atoms with van der Waals surface area (Å²) in [6.07, 6.45) is 0. The van der Waals surface area contributed by atoms with Gasteiger partial charge in [-0.1, -0.05) is 24.3 Å². The second kappa shape index (κ2) is 7.74. The lowest BCUT2D eigenvalue weighted by Crippen LogP contribution is -2.54. The number of nitrogens with zero attached hydrogens (tertiary/aromatic N) is 2. The van der Waals surface area contributed by atoms with Gasteiger partial charge in [-0.05, 0) is 19.4 Å². The highest BCUT2D eigenvalue weighted by molar-refractivity contribution is 6.03. The lowest BCUT2D eigenvalue weighted by molar-refractivity contribution is -0.00440. The first-order valence-electron chi connectivity index (χ1n) is 8.84. The first-order valence-corrected chi connectivity index (χ1v) is 8.84. The molecule has 0 aliphatic carbocycles. The van der Waals surface area contributed by atoms with Crippen molar-refractivity contribution < 1.29 is 14.3 Å². The largest absolute Gasteiger partial charge is 0.379 e. The third kappa shape index (κ3) is 3.86. The van der Waals surface area contributed by atoms with Crippen molar-refractivity contribution in [2.75, 3.05) is 52.6 Å². The van der Waals surface area contributed by atoms with E-state index in [4.69, 9.17) is 9.47 Å². The van der Waals surface area contributed by atoms with Gasteiger partial charge in [0, 0.05) is 38.3 Å². The van der Waals surface area contributed by atoms with Gasteiger partial charge in [-0.3, -0.25) is 14.6 Å². The van der Waals surface area contributed by atoms with Gasteiger partial charge < -0.3 is 9.47 Å². The van der Waals surface area contributed by atoms with Crippen molar-refractivity contribution >= 4 is 5.78 Å². The Hall–Kier alpha value is -1.27. The molecule has 0 radical (unpaired) electrons. The van der Waals surface area contributed by atoms with Crippen LogP contribution in [0.5, 0.6) is 0 Å². The van der Waals surface area contributed by atoms with Crippen LogP contribution in [0.4, 0.5) is 0 Å². The SMILES string of the molecule is CC(C)(C(=O)c1ccccc1CN1CCOCC1)N1CCOCC1. The van der Waals surface area contributed by atoms with E-state index in [1.165, 1.54) is 0 Å². The predicted octanol–water partition coefficient (Wildman–Crippen LogP) is 1.81. The maximum atomic E-state index is 13.3. The Kier molecular flexibility index (Phi) is 5.66. The molecule has 0 amide bonds. The van der Waals surface area contributed by atoms with Crippen LogP contribution in [0.25, 0.3) is 0 Å². The number of benzene rings is 1. The number of hydrogen-bond donors (Lipinski definition) is 0. The number of carbonyl (C=O) groups excluding carboxylic acids is 1. The smallest absolute Gasteiger partial charge is 0.182 e. The van der Waals surface area contributed by atoms with Crippen LogP contribution in [-0.2, 0) is 16.0 Å². The summed E-state index contributed by atoms with van der Waals surface area (Å²) < 4.78 is 10.9. The minimum atomic E-state index is -0.509. The predicted molar refractivity (Wildman–Crippen MR) is 93.3 cm³/mol. The second-order valence-corrected chi connectivity index (χ2v) is 7.03. The first kappa shape index (κ1) is 17.5. The number of Topliss-reactive ketones (excluding diaryl/α,β-unsaturated/α-hetero) is 1. The summed E-state index contributed by atoms with van der Waals surface area (Å²) in [6.45, 7) is 11.3. The summed E-state index contributed by atoms with van der Waals surface area (Å²) in [5.41, 5.74) is 1.46. The Balaban J connectivity index is 1.78. The molecule has 24 heavy (non-hydrogen) atoms. The van der Waals surface area contributed by atoms with E-state index >= 15 is 0 Å². The van der Waals surface area contributed by atoms with E-state index in [-0.39, 0.29) is 5.78 Å². The van der Waals surface area contributed by atoms with E-state index in [0.29, 0.717) is 13.2 Å². The maximum Gasteiger partial charge on any atom is 0.182 e. The molecule has 2 aliphatic rings. The Labute approximate surface area is 144 Å². The molecule has 0 atom stereocenters. The molecule has 5 nitrogen and oxygen atoms in total. The van der Waals surface area contributed by atoms with Crippen molar-refractivity contribution in [1.29, 1.82) is 0 Å². The van der Waals surface area contributed by atoms with Crippen molar-refractivity contribution in [2.24, 2.45) is 0 Å². The van der Waals surface area contributed by atoms with Crippen LogP contribution in [-0.4, -0.2) is 73.7 Å². The minimum Gasteiger partial charge on any atom is -0.379 e. The average molecular weight is 332 g/mol. The molecule has 1 aromatic rings. The van der Waals surface area contributed by atoms with Gasteiger partial charge in [-0.2, -0.15) is 0 Å². The van der Waals surface area contributed by atoms with E-state index in [1.807, 2.05) is 32.0 Å². The van der Waals surface area contributed by atoms with Crippen LogP contribution in [0.15, 0.2) is 24.3 Å². The number of ketones is 1. The number of carbonyl (C=O) groups is 1. The standard InChI is InChI=1S/C19H28N2O3/c1-19(2,21-9-13-24-14-10-21)18(22)17-6-4-3-5-16(17)15-20-7-11-23-12-8-20/h3-6H,7-15H2,1-2H3. The highest BCUT2D eigenvalue weighted by Crippen LogP contribution is 2.24. The van der Waals surface area contributed by atoms with Gasteiger partial charge in [-0.25, -0.2) is 0 Å². The Bertz CT molecular complexity index is 561. The highest BCUT2D eigenvalue weighted by Gasteiger charge is 2.36. The summed E-state index contributed by atoms with van der Waals surface area (Å²) in [7, 11) is 0. The van der Waals surface area contributed by atoms with Crippen molar-refractivity contribution in [2.45, 2.75) is 25.9 Å². The zero-order valence-corrected chi connectivity index (χ0v) is 14.8. The summed E-state index contributed by atoms with van der Waals surface area (Å²) in [4.78, 5) is 17.9. The summed E-state index contributed by atoms with van der Waals surface area (Å²) in [5, 5.41) is 0. The molecule has 0 aromatic heterocycles. The molecule has 2 fully saturated rings. The zero-order chi connectivity index (χ0) is 17.0. The fraction of sp³-hybridized carbons (Fsp3) is 0.632. The van der Waals surface area contributed by atoms with E-state index < -0.39 is 5.54 Å². The molecule has 3 rings (SSSR count). The molecule has 5 heteroatoms. The molecule has 0 unspecified atom stereocenters. The molecule has 0 saturated carbocycles. The summed E-state index contributed by atoms with van der Waals surface area (Å²) in [6, 6.07) is 8.04. The molecule has 2 aliphatic heterocycles. The molecule has 2 heterocycles. The molecule has 2 saturated heterocycles. The van der Waals surface area contributed by atoms with Crippen molar-refractivity contribution in [3.63, 3.8) is 0 Å². The summed E-state index contributed by atoms with van der Waals surface area (Å²) >= 11 is 0. The minimum absolute atomic E-state index is 0.202. The van der Waals surface area contributed by atoms with Gasteiger partial charge in [-0.15, -0.1) is 0 Å². The van der Waals surface area contributed by atoms with E-state index in [9.17, 15) is 4.79 Å². The third-order valence-electron chi connectivity index (χ3n) is 5.12. The van der Waals surface area contributed by atoms with Crippen molar-refractivity contribution in [3.05, 3.63) is 35.4 Å². The molecule has 0 bridgehead atoms. The molecule has 1 aromatic carbocycles. The Morgan fingerprint density at radius 3 is 2.25 bits per heavy atom.